The second-order valence-electron chi connectivity index (χ2n) is 8.09. The predicted octanol–water partition coefficient (Wildman–Crippen LogP) is 4.24. The van der Waals surface area contributed by atoms with Crippen LogP contribution in [0.5, 0.6) is 5.75 Å². The van der Waals surface area contributed by atoms with Gasteiger partial charge < -0.3 is 15.0 Å². The first-order valence-corrected chi connectivity index (χ1v) is 11.0. The van der Waals surface area contributed by atoms with Crippen molar-refractivity contribution in [2.24, 2.45) is 0 Å². The maximum Gasteiger partial charge on any atom is 0.243 e. The molecule has 3 rings (SSSR count). The molecule has 0 radical (unpaired) electrons. The average Bonchev–Trinajstić information content (AvgIpc) is 3.28. The molecule has 2 aromatic rings. The minimum absolute atomic E-state index is 0.102. The summed E-state index contributed by atoms with van der Waals surface area (Å²) in [6.07, 6.45) is 4.86. The molecule has 0 saturated heterocycles. The van der Waals surface area contributed by atoms with E-state index >= 15 is 0 Å². The monoisotopic (exact) mass is 426 g/mol. The molecule has 5 nitrogen and oxygen atoms in total. The predicted molar refractivity (Wildman–Crippen MR) is 118 cm³/mol. The van der Waals surface area contributed by atoms with E-state index in [-0.39, 0.29) is 30.1 Å². The fourth-order valence-electron chi connectivity index (χ4n) is 4.09. The Hall–Kier alpha value is -2.89. The van der Waals surface area contributed by atoms with Crippen molar-refractivity contribution in [3.8, 4) is 5.75 Å². The highest BCUT2D eigenvalue weighted by atomic mass is 19.1. The molecule has 1 atom stereocenters. The Morgan fingerprint density at radius 2 is 1.68 bits per heavy atom. The summed E-state index contributed by atoms with van der Waals surface area (Å²) in [6.45, 7) is 2.24. The van der Waals surface area contributed by atoms with Gasteiger partial charge in [-0.3, -0.25) is 9.59 Å². The first-order valence-electron chi connectivity index (χ1n) is 11.0. The number of ether oxygens (including phenoxy) is 1. The van der Waals surface area contributed by atoms with Crippen molar-refractivity contribution >= 4 is 11.8 Å². The third-order valence-corrected chi connectivity index (χ3v) is 5.87. The molecule has 0 spiro atoms. The van der Waals surface area contributed by atoms with Crippen LogP contribution in [0, 0.1) is 5.82 Å². The van der Waals surface area contributed by atoms with E-state index in [4.69, 9.17) is 4.74 Å². The fraction of sp³-hybridized carbons (Fsp3) is 0.440. The van der Waals surface area contributed by atoms with Crippen LogP contribution in [0.25, 0.3) is 0 Å². The molecule has 1 fully saturated rings. The summed E-state index contributed by atoms with van der Waals surface area (Å²) in [6, 6.07) is 13.0. The molecule has 0 aliphatic heterocycles. The maximum atomic E-state index is 13.3. The lowest BCUT2D eigenvalue weighted by molar-refractivity contribution is -0.141. The third kappa shape index (κ3) is 6.29. The van der Waals surface area contributed by atoms with Crippen molar-refractivity contribution < 1.29 is 18.7 Å². The van der Waals surface area contributed by atoms with Crippen LogP contribution in [0.3, 0.4) is 0 Å². The number of methoxy groups -OCH3 is 1. The lowest BCUT2D eigenvalue weighted by atomic mass is 10.1. The standard InChI is InChI=1S/C25H31FN2O3/c1-3-23(25(30)27-21-6-4-5-7-21)28(17-19-10-14-22(31-2)15-11-19)24(29)16-18-8-12-20(26)13-9-18/h8-15,21,23H,3-7,16-17H2,1-2H3,(H,27,30). The number of carbonyl (C=O) groups is 2. The molecule has 166 valence electrons. The first-order chi connectivity index (χ1) is 15.0. The molecule has 1 N–H and O–H groups in total. The van der Waals surface area contributed by atoms with E-state index < -0.39 is 6.04 Å². The Labute approximate surface area is 183 Å². The highest BCUT2D eigenvalue weighted by Gasteiger charge is 2.30. The molecular formula is C25H31FN2O3. The second-order valence-corrected chi connectivity index (χ2v) is 8.09. The van der Waals surface area contributed by atoms with Crippen LogP contribution in [0.1, 0.15) is 50.2 Å². The van der Waals surface area contributed by atoms with Crippen molar-refractivity contribution in [2.45, 2.75) is 64.1 Å². The van der Waals surface area contributed by atoms with Gasteiger partial charge in [0.2, 0.25) is 11.8 Å². The van der Waals surface area contributed by atoms with Gasteiger partial charge in [-0.05, 0) is 54.7 Å². The molecule has 6 heteroatoms. The van der Waals surface area contributed by atoms with Gasteiger partial charge in [0.15, 0.2) is 0 Å². The zero-order chi connectivity index (χ0) is 22.2. The van der Waals surface area contributed by atoms with Crippen LogP contribution in [-0.4, -0.2) is 35.9 Å². The zero-order valence-electron chi connectivity index (χ0n) is 18.3. The molecule has 0 aromatic heterocycles. The Bertz CT molecular complexity index is 861. The molecule has 1 aliphatic carbocycles. The summed E-state index contributed by atoms with van der Waals surface area (Å²) in [7, 11) is 1.61. The van der Waals surface area contributed by atoms with Gasteiger partial charge in [-0.1, -0.05) is 44.0 Å². The molecule has 1 aliphatic rings. The van der Waals surface area contributed by atoms with Crippen LogP contribution in [0.15, 0.2) is 48.5 Å². The van der Waals surface area contributed by atoms with E-state index in [9.17, 15) is 14.0 Å². The van der Waals surface area contributed by atoms with Gasteiger partial charge in [0.1, 0.15) is 17.6 Å². The Balaban J connectivity index is 1.80. The number of nitrogens with zero attached hydrogens (tertiary/aromatic N) is 1. The van der Waals surface area contributed by atoms with Gasteiger partial charge in [-0.2, -0.15) is 0 Å². The smallest absolute Gasteiger partial charge is 0.243 e. The van der Waals surface area contributed by atoms with Gasteiger partial charge in [0, 0.05) is 12.6 Å². The number of carbonyl (C=O) groups excluding carboxylic acids is 2. The topological polar surface area (TPSA) is 58.6 Å². The molecule has 1 saturated carbocycles. The number of halogens is 1. The number of hydrogen-bond donors (Lipinski definition) is 1. The minimum Gasteiger partial charge on any atom is -0.497 e. The van der Waals surface area contributed by atoms with E-state index in [0.717, 1.165) is 42.6 Å². The summed E-state index contributed by atoms with van der Waals surface area (Å²) in [5, 5.41) is 3.14. The second kappa shape index (κ2) is 10.9. The Kier molecular flexibility index (Phi) is 8.04. The highest BCUT2D eigenvalue weighted by molar-refractivity contribution is 5.88. The molecule has 0 heterocycles. The van der Waals surface area contributed by atoms with E-state index in [1.54, 1.807) is 24.1 Å². The fourth-order valence-corrected chi connectivity index (χ4v) is 4.09. The lowest BCUT2D eigenvalue weighted by Crippen LogP contribution is -2.51. The van der Waals surface area contributed by atoms with E-state index in [0.29, 0.717) is 13.0 Å². The van der Waals surface area contributed by atoms with Crippen molar-refractivity contribution in [1.29, 1.82) is 0 Å². The van der Waals surface area contributed by atoms with Crippen molar-refractivity contribution in [2.75, 3.05) is 7.11 Å². The zero-order valence-corrected chi connectivity index (χ0v) is 18.3. The summed E-state index contributed by atoms with van der Waals surface area (Å²) >= 11 is 0. The number of rotatable bonds is 9. The Morgan fingerprint density at radius 3 is 2.26 bits per heavy atom. The van der Waals surface area contributed by atoms with Gasteiger partial charge in [-0.15, -0.1) is 0 Å². The number of benzene rings is 2. The van der Waals surface area contributed by atoms with Crippen molar-refractivity contribution in [3.63, 3.8) is 0 Å². The van der Waals surface area contributed by atoms with Gasteiger partial charge >= 0.3 is 0 Å². The summed E-state index contributed by atoms with van der Waals surface area (Å²) in [5.41, 5.74) is 1.64. The minimum atomic E-state index is -0.560. The molecular weight excluding hydrogens is 395 g/mol. The first kappa shape index (κ1) is 22.8. The summed E-state index contributed by atoms with van der Waals surface area (Å²) in [4.78, 5) is 28.0. The van der Waals surface area contributed by atoms with Crippen LogP contribution in [-0.2, 0) is 22.6 Å². The van der Waals surface area contributed by atoms with Crippen LogP contribution < -0.4 is 10.1 Å². The molecule has 2 amide bonds. The number of amides is 2. The molecule has 1 unspecified atom stereocenters. The molecule has 2 aromatic carbocycles. The van der Waals surface area contributed by atoms with Crippen molar-refractivity contribution in [3.05, 3.63) is 65.5 Å². The average molecular weight is 427 g/mol. The van der Waals surface area contributed by atoms with Gasteiger partial charge in [-0.25, -0.2) is 4.39 Å². The lowest BCUT2D eigenvalue weighted by Gasteiger charge is -2.31. The Morgan fingerprint density at radius 1 is 1.06 bits per heavy atom. The maximum absolute atomic E-state index is 13.3. The third-order valence-electron chi connectivity index (χ3n) is 5.87. The summed E-state index contributed by atoms with van der Waals surface area (Å²) < 4.78 is 18.5. The molecule has 31 heavy (non-hydrogen) atoms. The quantitative estimate of drug-likeness (QED) is 0.652. The normalized spacial score (nSPS) is 14.8. The van der Waals surface area contributed by atoms with Gasteiger partial charge in [0.25, 0.3) is 0 Å². The number of nitrogens with one attached hydrogen (secondary N) is 1. The van der Waals surface area contributed by atoms with Crippen LogP contribution in [0.4, 0.5) is 4.39 Å². The van der Waals surface area contributed by atoms with Crippen LogP contribution >= 0.6 is 0 Å². The highest BCUT2D eigenvalue weighted by Crippen LogP contribution is 2.20. The number of hydrogen-bond acceptors (Lipinski definition) is 3. The SMILES string of the molecule is CCC(C(=O)NC1CCCC1)N(Cc1ccc(OC)cc1)C(=O)Cc1ccc(F)cc1. The largest absolute Gasteiger partial charge is 0.497 e. The van der Waals surface area contributed by atoms with Crippen LogP contribution in [0.2, 0.25) is 0 Å². The van der Waals surface area contributed by atoms with E-state index in [1.165, 1.54) is 12.1 Å². The molecule has 0 bridgehead atoms. The van der Waals surface area contributed by atoms with Crippen molar-refractivity contribution in [1.82, 2.24) is 10.2 Å². The van der Waals surface area contributed by atoms with Gasteiger partial charge in [0.05, 0.1) is 13.5 Å². The summed E-state index contributed by atoms with van der Waals surface area (Å²) in [5.74, 6) is 0.138. The van der Waals surface area contributed by atoms with E-state index in [1.807, 2.05) is 31.2 Å². The van der Waals surface area contributed by atoms with E-state index in [2.05, 4.69) is 5.32 Å².